The number of rotatable bonds is 2. The van der Waals surface area contributed by atoms with Crippen LogP contribution in [-0.2, 0) is 9.59 Å². The van der Waals surface area contributed by atoms with Crippen LogP contribution in [-0.4, -0.2) is 35.2 Å². The maximum Gasteiger partial charge on any atom is 0.259 e. The molecule has 1 saturated heterocycles. The Morgan fingerprint density at radius 3 is 2.89 bits per heavy atom. The molecule has 18 heavy (non-hydrogen) atoms. The lowest BCUT2D eigenvalue weighted by molar-refractivity contribution is -0.138. The molecule has 1 atom stereocenters. The summed E-state index contributed by atoms with van der Waals surface area (Å²) in [6.45, 7) is 1.66. The Kier molecular flexibility index (Phi) is 3.51. The van der Waals surface area contributed by atoms with Crippen molar-refractivity contribution in [1.29, 1.82) is 0 Å². The van der Waals surface area contributed by atoms with E-state index in [1.807, 2.05) is 0 Å². The highest BCUT2D eigenvalue weighted by Gasteiger charge is 2.36. The second-order valence-corrected chi connectivity index (χ2v) is 4.60. The Morgan fingerprint density at radius 1 is 1.61 bits per heavy atom. The molecule has 0 aliphatic carbocycles. The van der Waals surface area contributed by atoms with Gasteiger partial charge in [0.25, 0.3) is 5.91 Å². The zero-order valence-corrected chi connectivity index (χ0v) is 11.2. The number of piperazine rings is 1. The monoisotopic (exact) mass is 314 g/mol. The molecule has 2 heterocycles. The Labute approximate surface area is 111 Å². The molecule has 1 aliphatic rings. The molecule has 0 saturated carbocycles. The predicted molar refractivity (Wildman–Crippen MR) is 64.7 cm³/mol. The van der Waals surface area contributed by atoms with Crippen molar-refractivity contribution < 1.29 is 18.8 Å². The van der Waals surface area contributed by atoms with E-state index >= 15 is 0 Å². The van der Waals surface area contributed by atoms with Crippen LogP contribution in [0.4, 0.5) is 0 Å². The summed E-state index contributed by atoms with van der Waals surface area (Å²) in [5.41, 5.74) is 0.302. The molecule has 1 aromatic rings. The maximum atomic E-state index is 12.2. The van der Waals surface area contributed by atoms with Crippen molar-refractivity contribution in [3.05, 3.63) is 22.6 Å². The van der Waals surface area contributed by atoms with Gasteiger partial charge in [-0.1, -0.05) is 6.92 Å². The van der Waals surface area contributed by atoms with E-state index in [2.05, 4.69) is 21.2 Å². The van der Waals surface area contributed by atoms with Crippen LogP contribution in [0.1, 0.15) is 23.7 Å². The SMILES string of the molecule is CCC1C(=O)NC(=O)CN1C(=O)c1ccoc1Br. The molecule has 96 valence electrons. The van der Waals surface area contributed by atoms with Gasteiger partial charge < -0.3 is 9.32 Å². The average Bonchev–Trinajstić information content (AvgIpc) is 2.73. The third-order valence-corrected chi connectivity index (χ3v) is 3.37. The molecule has 1 aliphatic heterocycles. The van der Waals surface area contributed by atoms with Crippen LogP contribution in [0.2, 0.25) is 0 Å². The molecule has 0 bridgehead atoms. The number of nitrogens with zero attached hydrogens (tertiary/aromatic N) is 1. The van der Waals surface area contributed by atoms with Crippen molar-refractivity contribution in [3.8, 4) is 0 Å². The third-order valence-electron chi connectivity index (χ3n) is 2.75. The van der Waals surface area contributed by atoms with Gasteiger partial charge in [-0.3, -0.25) is 19.7 Å². The highest BCUT2D eigenvalue weighted by atomic mass is 79.9. The lowest BCUT2D eigenvalue weighted by Gasteiger charge is -2.33. The molecule has 1 fully saturated rings. The molecule has 2 rings (SSSR count). The Morgan fingerprint density at radius 2 is 2.33 bits per heavy atom. The molecule has 0 radical (unpaired) electrons. The van der Waals surface area contributed by atoms with Gasteiger partial charge in [-0.25, -0.2) is 0 Å². The van der Waals surface area contributed by atoms with Crippen LogP contribution in [0, 0.1) is 0 Å². The summed E-state index contributed by atoms with van der Waals surface area (Å²) >= 11 is 3.11. The minimum atomic E-state index is -0.628. The first kappa shape index (κ1) is 12.8. The van der Waals surface area contributed by atoms with Gasteiger partial charge in [-0.15, -0.1) is 0 Å². The number of imide groups is 1. The summed E-state index contributed by atoms with van der Waals surface area (Å²) in [5.74, 6) is -1.31. The second kappa shape index (κ2) is 4.93. The number of halogens is 1. The highest BCUT2D eigenvalue weighted by Crippen LogP contribution is 2.22. The van der Waals surface area contributed by atoms with Crippen molar-refractivity contribution >= 4 is 33.7 Å². The van der Waals surface area contributed by atoms with Gasteiger partial charge in [0.2, 0.25) is 11.8 Å². The fourth-order valence-electron chi connectivity index (χ4n) is 1.89. The van der Waals surface area contributed by atoms with Gasteiger partial charge in [0, 0.05) is 0 Å². The molecule has 1 N–H and O–H groups in total. The van der Waals surface area contributed by atoms with Gasteiger partial charge in [-0.05, 0) is 28.4 Å². The first-order valence-corrected chi connectivity index (χ1v) is 6.21. The highest BCUT2D eigenvalue weighted by molar-refractivity contribution is 9.10. The number of hydrogen-bond acceptors (Lipinski definition) is 4. The standard InChI is InChI=1S/C11H11BrN2O4/c1-2-7-10(16)13-8(15)5-14(7)11(17)6-3-4-18-9(6)12/h3-4,7H,2,5H2,1H3,(H,13,15,16). The number of carbonyl (C=O) groups excluding carboxylic acids is 3. The summed E-state index contributed by atoms with van der Waals surface area (Å²) < 4.78 is 5.28. The summed E-state index contributed by atoms with van der Waals surface area (Å²) in [6, 6.07) is 0.868. The van der Waals surface area contributed by atoms with Gasteiger partial charge in [-0.2, -0.15) is 0 Å². The zero-order chi connectivity index (χ0) is 13.3. The average molecular weight is 315 g/mol. The normalized spacial score (nSPS) is 19.9. The van der Waals surface area contributed by atoms with E-state index in [1.54, 1.807) is 6.92 Å². The van der Waals surface area contributed by atoms with E-state index in [9.17, 15) is 14.4 Å². The summed E-state index contributed by atoms with van der Waals surface area (Å²) in [7, 11) is 0. The van der Waals surface area contributed by atoms with E-state index in [0.717, 1.165) is 0 Å². The van der Waals surface area contributed by atoms with Crippen LogP contribution in [0.15, 0.2) is 21.4 Å². The molecule has 1 unspecified atom stereocenters. The number of furan rings is 1. The smallest absolute Gasteiger partial charge is 0.259 e. The van der Waals surface area contributed by atoms with Crippen LogP contribution in [0.3, 0.4) is 0 Å². The predicted octanol–water partition coefficient (Wildman–Crippen LogP) is 0.919. The minimum Gasteiger partial charge on any atom is -0.457 e. The molecule has 7 heteroatoms. The van der Waals surface area contributed by atoms with Crippen LogP contribution in [0.5, 0.6) is 0 Å². The van der Waals surface area contributed by atoms with Gasteiger partial charge >= 0.3 is 0 Å². The molecular formula is C11H11BrN2O4. The summed E-state index contributed by atoms with van der Waals surface area (Å²) in [5, 5.41) is 2.22. The first-order chi connectivity index (χ1) is 8.54. The number of amides is 3. The van der Waals surface area contributed by atoms with E-state index in [0.29, 0.717) is 16.7 Å². The molecule has 6 nitrogen and oxygen atoms in total. The topological polar surface area (TPSA) is 79.6 Å². The summed E-state index contributed by atoms with van der Waals surface area (Å²) in [4.78, 5) is 36.5. The third kappa shape index (κ3) is 2.17. The Bertz CT molecular complexity index is 511. The quantitative estimate of drug-likeness (QED) is 0.823. The number of hydrogen-bond donors (Lipinski definition) is 1. The van der Waals surface area contributed by atoms with Crippen molar-refractivity contribution in [2.45, 2.75) is 19.4 Å². The van der Waals surface area contributed by atoms with Gasteiger partial charge in [0.1, 0.15) is 12.6 Å². The zero-order valence-electron chi connectivity index (χ0n) is 9.60. The van der Waals surface area contributed by atoms with E-state index < -0.39 is 23.8 Å². The number of carbonyl (C=O) groups is 3. The van der Waals surface area contributed by atoms with Gasteiger partial charge in [0.15, 0.2) is 4.67 Å². The molecule has 3 amide bonds. The van der Waals surface area contributed by atoms with Crippen LogP contribution < -0.4 is 5.32 Å². The van der Waals surface area contributed by atoms with E-state index in [-0.39, 0.29) is 6.54 Å². The second-order valence-electron chi connectivity index (χ2n) is 3.88. The Balaban J connectivity index is 2.30. The van der Waals surface area contributed by atoms with Crippen molar-refractivity contribution in [2.75, 3.05) is 6.54 Å². The Hall–Kier alpha value is -1.63. The van der Waals surface area contributed by atoms with E-state index in [1.165, 1.54) is 17.2 Å². The van der Waals surface area contributed by atoms with Crippen LogP contribution in [0.25, 0.3) is 0 Å². The molecule has 0 aromatic carbocycles. The van der Waals surface area contributed by atoms with Crippen LogP contribution >= 0.6 is 15.9 Å². The van der Waals surface area contributed by atoms with Crippen molar-refractivity contribution in [3.63, 3.8) is 0 Å². The van der Waals surface area contributed by atoms with Crippen molar-refractivity contribution in [2.24, 2.45) is 0 Å². The van der Waals surface area contributed by atoms with E-state index in [4.69, 9.17) is 4.42 Å². The largest absolute Gasteiger partial charge is 0.457 e. The maximum absolute atomic E-state index is 12.2. The van der Waals surface area contributed by atoms with Crippen molar-refractivity contribution in [1.82, 2.24) is 10.2 Å². The molecular weight excluding hydrogens is 304 g/mol. The lowest BCUT2D eigenvalue weighted by Crippen LogP contribution is -2.59. The fourth-order valence-corrected chi connectivity index (χ4v) is 2.30. The fraction of sp³-hybridized carbons (Fsp3) is 0.364. The lowest BCUT2D eigenvalue weighted by atomic mass is 10.1. The molecule has 0 spiro atoms. The number of nitrogens with one attached hydrogen (secondary N) is 1. The molecule has 1 aromatic heterocycles. The summed E-state index contributed by atoms with van der Waals surface area (Å²) in [6.07, 6.45) is 1.81. The first-order valence-electron chi connectivity index (χ1n) is 5.42. The van der Waals surface area contributed by atoms with Gasteiger partial charge in [0.05, 0.1) is 11.8 Å². The minimum absolute atomic E-state index is 0.124.